The highest BCUT2D eigenvalue weighted by molar-refractivity contribution is 5.76. The first-order valence-electron chi connectivity index (χ1n) is 3.87. The topological polar surface area (TPSA) is 37.3 Å². The Hall–Kier alpha value is -0.950. The van der Waals surface area contributed by atoms with Gasteiger partial charge in [0.15, 0.2) is 0 Å². The molecule has 0 bridgehead atoms. The fourth-order valence-corrected chi connectivity index (χ4v) is 1.17. The van der Waals surface area contributed by atoms with Crippen molar-refractivity contribution in [3.8, 4) is 0 Å². The Labute approximate surface area is 80.9 Å². The smallest absolute Gasteiger partial charge is 0.413 e. The van der Waals surface area contributed by atoms with Gasteiger partial charge in [-0.2, -0.15) is 26.3 Å². The van der Waals surface area contributed by atoms with Crippen LogP contribution in [-0.2, 0) is 4.79 Å². The number of carbonyl (C=O) groups is 1. The number of carboxylic acid groups (broad SMARTS) is 1. The molecular formula is C7H8F6O2. The Morgan fingerprint density at radius 1 is 1.07 bits per heavy atom. The lowest BCUT2D eigenvalue weighted by molar-refractivity contribution is -0.333. The Morgan fingerprint density at radius 3 is 1.47 bits per heavy atom. The third-order valence-corrected chi connectivity index (χ3v) is 1.96. The van der Waals surface area contributed by atoms with E-state index in [0.29, 0.717) is 0 Å². The number of aliphatic carboxylic acids is 1. The zero-order chi connectivity index (χ0) is 12.5. The highest BCUT2D eigenvalue weighted by atomic mass is 19.4. The number of hydrogen-bond donors (Lipinski definition) is 1. The van der Waals surface area contributed by atoms with E-state index >= 15 is 0 Å². The van der Waals surface area contributed by atoms with Gasteiger partial charge < -0.3 is 5.11 Å². The summed E-state index contributed by atoms with van der Waals surface area (Å²) in [5.41, 5.74) is -4.66. The van der Waals surface area contributed by atoms with Gasteiger partial charge in [-0.05, 0) is 6.42 Å². The van der Waals surface area contributed by atoms with E-state index in [4.69, 9.17) is 5.11 Å². The summed E-state index contributed by atoms with van der Waals surface area (Å²) in [6.07, 6.45) is -13.8. The summed E-state index contributed by atoms with van der Waals surface area (Å²) in [6, 6.07) is 0. The Kier molecular flexibility index (Phi) is 3.65. The second-order valence-electron chi connectivity index (χ2n) is 2.96. The molecule has 0 unspecified atom stereocenters. The van der Waals surface area contributed by atoms with Crippen molar-refractivity contribution < 1.29 is 36.2 Å². The van der Waals surface area contributed by atoms with Crippen LogP contribution in [0.2, 0.25) is 0 Å². The second kappa shape index (κ2) is 3.90. The van der Waals surface area contributed by atoms with Gasteiger partial charge >= 0.3 is 18.3 Å². The molecule has 0 amide bonds. The van der Waals surface area contributed by atoms with E-state index in [2.05, 4.69) is 0 Å². The van der Waals surface area contributed by atoms with Crippen molar-refractivity contribution >= 4 is 5.97 Å². The van der Waals surface area contributed by atoms with Crippen LogP contribution in [0.1, 0.15) is 19.8 Å². The summed E-state index contributed by atoms with van der Waals surface area (Å²) in [5.74, 6) is -2.91. The van der Waals surface area contributed by atoms with Gasteiger partial charge in [0.2, 0.25) is 0 Å². The quantitative estimate of drug-likeness (QED) is 0.767. The van der Waals surface area contributed by atoms with E-state index in [1.54, 1.807) is 0 Å². The van der Waals surface area contributed by atoms with Gasteiger partial charge in [-0.1, -0.05) is 13.3 Å². The number of rotatable bonds is 3. The maximum absolute atomic E-state index is 12.2. The van der Waals surface area contributed by atoms with Gasteiger partial charge in [0.25, 0.3) is 5.41 Å². The van der Waals surface area contributed by atoms with Gasteiger partial charge in [-0.15, -0.1) is 0 Å². The summed E-state index contributed by atoms with van der Waals surface area (Å²) in [7, 11) is 0. The van der Waals surface area contributed by atoms with Crippen molar-refractivity contribution in [1.82, 2.24) is 0 Å². The third kappa shape index (κ3) is 2.18. The van der Waals surface area contributed by atoms with Gasteiger partial charge in [0, 0.05) is 0 Å². The molecule has 0 aliphatic carbocycles. The molecule has 0 fully saturated rings. The molecule has 2 nitrogen and oxygen atoms in total. The summed E-state index contributed by atoms with van der Waals surface area (Å²) in [6.45, 7) is 1.05. The monoisotopic (exact) mass is 238 g/mol. The maximum atomic E-state index is 12.2. The molecular weight excluding hydrogens is 230 g/mol. The number of carboxylic acids is 1. The van der Waals surface area contributed by atoms with Gasteiger partial charge in [-0.3, -0.25) is 4.79 Å². The van der Waals surface area contributed by atoms with Gasteiger partial charge in [0.05, 0.1) is 0 Å². The zero-order valence-corrected chi connectivity index (χ0v) is 7.54. The molecule has 0 aliphatic heterocycles. The average molecular weight is 238 g/mol. The fourth-order valence-electron chi connectivity index (χ4n) is 1.17. The summed E-state index contributed by atoms with van der Waals surface area (Å²) in [4.78, 5) is 10.3. The molecule has 0 aliphatic rings. The summed E-state index contributed by atoms with van der Waals surface area (Å²) < 4.78 is 73.2. The standard InChI is InChI=1S/C7H8F6O2/c1-2-3-5(4(14)15,6(8,9)10)7(11,12)13/h2-3H2,1H3,(H,14,15). The lowest BCUT2D eigenvalue weighted by Crippen LogP contribution is -2.55. The molecule has 0 heterocycles. The van der Waals surface area contributed by atoms with Crippen molar-refractivity contribution in [2.45, 2.75) is 32.1 Å². The highest BCUT2D eigenvalue weighted by Gasteiger charge is 2.75. The van der Waals surface area contributed by atoms with Crippen molar-refractivity contribution in [3.63, 3.8) is 0 Å². The van der Waals surface area contributed by atoms with Crippen molar-refractivity contribution in [2.75, 3.05) is 0 Å². The molecule has 0 saturated carbocycles. The van der Waals surface area contributed by atoms with E-state index in [1.807, 2.05) is 0 Å². The fraction of sp³-hybridized carbons (Fsp3) is 0.857. The van der Waals surface area contributed by atoms with E-state index in [-0.39, 0.29) is 0 Å². The number of hydrogen-bond acceptors (Lipinski definition) is 1. The van der Waals surface area contributed by atoms with Crippen LogP contribution in [0, 0.1) is 5.41 Å². The summed E-state index contributed by atoms with van der Waals surface area (Å²) in [5, 5.41) is 8.19. The van der Waals surface area contributed by atoms with E-state index in [1.165, 1.54) is 0 Å². The molecule has 0 spiro atoms. The molecule has 90 valence electrons. The molecule has 1 N–H and O–H groups in total. The molecule has 0 aromatic heterocycles. The average Bonchev–Trinajstić information content (AvgIpc) is 1.93. The molecule has 0 radical (unpaired) electrons. The Balaban J connectivity index is 5.61. The largest absolute Gasteiger partial charge is 0.480 e. The molecule has 15 heavy (non-hydrogen) atoms. The minimum Gasteiger partial charge on any atom is -0.480 e. The molecule has 8 heteroatoms. The zero-order valence-electron chi connectivity index (χ0n) is 7.54. The van der Waals surface area contributed by atoms with Gasteiger partial charge in [0.1, 0.15) is 0 Å². The van der Waals surface area contributed by atoms with E-state index < -0.39 is 36.6 Å². The van der Waals surface area contributed by atoms with Crippen LogP contribution >= 0.6 is 0 Å². The molecule has 0 rings (SSSR count). The predicted molar refractivity (Wildman–Crippen MR) is 37.1 cm³/mol. The normalized spacial score (nSPS) is 14.1. The van der Waals surface area contributed by atoms with Crippen LogP contribution in [0.25, 0.3) is 0 Å². The lowest BCUT2D eigenvalue weighted by atomic mass is 9.82. The van der Waals surface area contributed by atoms with Crippen LogP contribution < -0.4 is 0 Å². The van der Waals surface area contributed by atoms with Crippen molar-refractivity contribution in [1.29, 1.82) is 0 Å². The SMILES string of the molecule is CCCC(C(=O)O)(C(F)(F)F)C(F)(F)F. The second-order valence-corrected chi connectivity index (χ2v) is 2.96. The highest BCUT2D eigenvalue weighted by Crippen LogP contribution is 2.53. The minimum absolute atomic E-state index is 0.536. The van der Waals surface area contributed by atoms with Crippen LogP contribution in [-0.4, -0.2) is 23.4 Å². The summed E-state index contributed by atoms with van der Waals surface area (Å²) >= 11 is 0. The van der Waals surface area contributed by atoms with Crippen LogP contribution in [0.3, 0.4) is 0 Å². The Morgan fingerprint density at radius 2 is 1.40 bits per heavy atom. The van der Waals surface area contributed by atoms with E-state index in [9.17, 15) is 31.1 Å². The minimum atomic E-state index is -5.85. The molecule has 0 saturated heterocycles. The van der Waals surface area contributed by atoms with Crippen molar-refractivity contribution in [3.05, 3.63) is 0 Å². The van der Waals surface area contributed by atoms with Crippen LogP contribution in [0.5, 0.6) is 0 Å². The van der Waals surface area contributed by atoms with Crippen LogP contribution in [0.15, 0.2) is 0 Å². The lowest BCUT2D eigenvalue weighted by Gasteiger charge is -2.33. The Bertz CT molecular complexity index is 227. The van der Waals surface area contributed by atoms with Crippen LogP contribution in [0.4, 0.5) is 26.3 Å². The number of alkyl halides is 6. The maximum Gasteiger partial charge on any atom is 0.413 e. The third-order valence-electron chi connectivity index (χ3n) is 1.96. The first-order chi connectivity index (χ1) is 6.50. The predicted octanol–water partition coefficient (Wildman–Crippen LogP) is 2.98. The first kappa shape index (κ1) is 14.0. The van der Waals surface area contributed by atoms with Crippen molar-refractivity contribution in [2.24, 2.45) is 5.41 Å². The first-order valence-corrected chi connectivity index (χ1v) is 3.87. The van der Waals surface area contributed by atoms with Gasteiger partial charge in [-0.25, -0.2) is 0 Å². The molecule has 0 aromatic carbocycles. The molecule has 0 aromatic rings. The van der Waals surface area contributed by atoms with E-state index in [0.717, 1.165) is 6.92 Å². The molecule has 0 atom stereocenters. The number of halogens is 6.